The van der Waals surface area contributed by atoms with Crippen LogP contribution in [0.1, 0.15) is 50.5 Å². The van der Waals surface area contributed by atoms with Gasteiger partial charge in [-0.1, -0.05) is 12.0 Å². The standard InChI is InChI=1S/C37H38F2N6O3/c1-2-27-29(39)9-6-22-12-26(46)13-28(32(22)27)31-14-30-33(35(47)45(31)16-21-4-5-21)34(43-18-24-7-8-25(19-43)40-24)42-36(41-30)48-20-37-10-3-11-44(37)17-23(38)15-37/h1,6,9,12-14,21,23-25,40,46H,3-5,7-8,10-11,15-20H2/t23-,24?,25?,37+/m1/s1. The summed E-state index contributed by atoms with van der Waals surface area (Å²) in [7, 11) is 0. The van der Waals surface area contributed by atoms with Gasteiger partial charge in [0.2, 0.25) is 0 Å². The third-order valence-corrected chi connectivity index (χ3v) is 11.3. The summed E-state index contributed by atoms with van der Waals surface area (Å²) in [4.78, 5) is 29.0. The molecule has 2 aromatic carbocycles. The lowest BCUT2D eigenvalue weighted by molar-refractivity contribution is 0.107. The quantitative estimate of drug-likeness (QED) is 0.277. The zero-order chi connectivity index (χ0) is 32.7. The summed E-state index contributed by atoms with van der Waals surface area (Å²) >= 11 is 0. The van der Waals surface area contributed by atoms with Gasteiger partial charge in [0, 0.05) is 55.6 Å². The fourth-order valence-electron chi connectivity index (χ4n) is 8.85. The molecule has 0 spiro atoms. The smallest absolute Gasteiger partial charge is 0.319 e. The van der Waals surface area contributed by atoms with E-state index in [0.29, 0.717) is 89.4 Å². The lowest BCUT2D eigenvalue weighted by Gasteiger charge is -2.34. The molecule has 4 saturated heterocycles. The van der Waals surface area contributed by atoms with Gasteiger partial charge in [0.15, 0.2) is 0 Å². The zero-order valence-corrected chi connectivity index (χ0v) is 26.7. The summed E-state index contributed by atoms with van der Waals surface area (Å²) in [5, 5.41) is 15.9. The van der Waals surface area contributed by atoms with Gasteiger partial charge in [-0.15, -0.1) is 6.42 Å². The first-order chi connectivity index (χ1) is 23.3. The van der Waals surface area contributed by atoms with Gasteiger partial charge in [-0.25, -0.2) is 8.78 Å². The maximum atomic E-state index is 15.1. The Hall–Kier alpha value is -4.27. The predicted molar refractivity (Wildman–Crippen MR) is 180 cm³/mol. The fraction of sp³-hybridized carbons (Fsp3) is 0.486. The number of phenols is 1. The Morgan fingerprint density at radius 1 is 1.08 bits per heavy atom. The molecule has 0 amide bonds. The van der Waals surface area contributed by atoms with E-state index >= 15 is 4.39 Å². The van der Waals surface area contributed by atoms with E-state index in [0.717, 1.165) is 45.1 Å². The van der Waals surface area contributed by atoms with E-state index in [1.54, 1.807) is 22.8 Å². The van der Waals surface area contributed by atoms with E-state index in [9.17, 15) is 14.3 Å². The molecule has 6 heterocycles. The second kappa shape index (κ2) is 11.1. The van der Waals surface area contributed by atoms with Crippen molar-refractivity contribution in [3.05, 3.63) is 52.1 Å². The van der Waals surface area contributed by atoms with Gasteiger partial charge in [0.05, 0.1) is 22.3 Å². The normalized spacial score (nSPS) is 26.8. The van der Waals surface area contributed by atoms with E-state index in [4.69, 9.17) is 21.1 Å². The Bertz CT molecular complexity index is 2060. The van der Waals surface area contributed by atoms with Crippen LogP contribution in [0, 0.1) is 24.1 Å². The minimum absolute atomic E-state index is 0.0237. The molecule has 2 unspecified atom stereocenters. The summed E-state index contributed by atoms with van der Waals surface area (Å²) in [6.45, 7) is 3.40. The number of anilines is 1. The highest BCUT2D eigenvalue weighted by Crippen LogP contribution is 2.42. The minimum atomic E-state index is -0.888. The van der Waals surface area contributed by atoms with Crippen LogP contribution in [0.3, 0.4) is 0 Å². The van der Waals surface area contributed by atoms with Gasteiger partial charge >= 0.3 is 6.01 Å². The molecule has 1 saturated carbocycles. The Morgan fingerprint density at radius 2 is 1.90 bits per heavy atom. The average molecular weight is 653 g/mol. The zero-order valence-electron chi connectivity index (χ0n) is 26.7. The number of rotatable bonds is 7. The van der Waals surface area contributed by atoms with Crippen LogP contribution in [-0.2, 0) is 6.54 Å². The van der Waals surface area contributed by atoms with Crippen LogP contribution < -0.4 is 20.5 Å². The number of fused-ring (bicyclic) bond motifs is 5. The third-order valence-electron chi connectivity index (χ3n) is 11.3. The lowest BCUT2D eigenvalue weighted by Crippen LogP contribution is -2.51. The number of ether oxygens (including phenoxy) is 1. The Morgan fingerprint density at radius 3 is 2.67 bits per heavy atom. The molecule has 11 heteroatoms. The number of phenolic OH excluding ortho intramolecular Hbond substituents is 1. The molecular formula is C37H38F2N6O3. The van der Waals surface area contributed by atoms with Crippen molar-refractivity contribution in [1.29, 1.82) is 0 Å². The number of benzene rings is 2. The molecule has 1 aliphatic carbocycles. The van der Waals surface area contributed by atoms with E-state index in [1.807, 2.05) is 6.07 Å². The van der Waals surface area contributed by atoms with Crippen molar-refractivity contribution >= 4 is 27.5 Å². The molecule has 5 fully saturated rings. The number of hydrogen-bond acceptors (Lipinski definition) is 8. The molecular weight excluding hydrogens is 614 g/mol. The number of halogens is 2. The lowest BCUT2D eigenvalue weighted by atomic mass is 9.95. The summed E-state index contributed by atoms with van der Waals surface area (Å²) < 4.78 is 37.8. The Kier molecular flexibility index (Phi) is 6.92. The number of piperazine rings is 1. The number of terminal acetylenes is 1. The van der Waals surface area contributed by atoms with Gasteiger partial charge in [0.1, 0.15) is 35.5 Å². The molecule has 4 aromatic rings. The molecule has 0 radical (unpaired) electrons. The van der Waals surface area contributed by atoms with Gasteiger partial charge < -0.3 is 24.6 Å². The van der Waals surface area contributed by atoms with E-state index < -0.39 is 12.0 Å². The Labute approximate surface area is 276 Å². The number of aromatic hydroxyl groups is 1. The first kappa shape index (κ1) is 29.8. The summed E-state index contributed by atoms with van der Waals surface area (Å²) in [5.41, 5.74) is 0.795. The fourth-order valence-corrected chi connectivity index (χ4v) is 8.85. The van der Waals surface area contributed by atoms with Gasteiger partial charge in [-0.3, -0.25) is 9.69 Å². The highest BCUT2D eigenvalue weighted by molar-refractivity contribution is 6.03. The third kappa shape index (κ3) is 4.91. The molecule has 9 nitrogen and oxygen atoms in total. The summed E-state index contributed by atoms with van der Waals surface area (Å²) in [6, 6.07) is 8.55. The van der Waals surface area contributed by atoms with E-state index in [1.165, 1.54) is 6.07 Å². The maximum Gasteiger partial charge on any atom is 0.319 e. The number of nitrogens with zero attached hydrogens (tertiary/aromatic N) is 5. The van der Waals surface area contributed by atoms with Crippen molar-refractivity contribution < 1.29 is 18.6 Å². The summed E-state index contributed by atoms with van der Waals surface area (Å²) in [6.07, 6.45) is 11.3. The maximum absolute atomic E-state index is 15.1. The van der Waals surface area contributed by atoms with Crippen LogP contribution in [-0.4, -0.2) is 81.1 Å². The highest BCUT2D eigenvalue weighted by atomic mass is 19.1. The largest absolute Gasteiger partial charge is 0.508 e. The highest BCUT2D eigenvalue weighted by Gasteiger charge is 2.49. The van der Waals surface area contributed by atoms with Crippen molar-refractivity contribution in [3.8, 4) is 35.4 Å². The van der Waals surface area contributed by atoms with Gasteiger partial charge in [0.25, 0.3) is 5.56 Å². The monoisotopic (exact) mass is 652 g/mol. The molecule has 2 bridgehead atoms. The number of hydrogen-bond donors (Lipinski definition) is 2. The van der Waals surface area contributed by atoms with Crippen LogP contribution in [0.25, 0.3) is 32.9 Å². The average Bonchev–Trinajstić information content (AvgIpc) is 3.61. The van der Waals surface area contributed by atoms with E-state index in [-0.39, 0.29) is 35.0 Å². The predicted octanol–water partition coefficient (Wildman–Crippen LogP) is 4.74. The van der Waals surface area contributed by atoms with Crippen molar-refractivity contribution in [2.75, 3.05) is 37.7 Å². The van der Waals surface area contributed by atoms with Crippen molar-refractivity contribution in [2.24, 2.45) is 5.92 Å². The summed E-state index contributed by atoms with van der Waals surface area (Å²) in [5.74, 6) is 2.79. The number of alkyl halides is 1. The SMILES string of the molecule is C#Cc1c(F)ccc2cc(O)cc(-c3cc4nc(OC[C@@]56CCCN5C[C@H](F)C6)nc(N5CC6CCC(C5)N6)c4c(=O)n3CC3CC3)c12. The number of aromatic nitrogens is 3. The van der Waals surface area contributed by atoms with Crippen LogP contribution in [0.2, 0.25) is 0 Å². The number of pyridine rings is 1. The topological polar surface area (TPSA) is 95.8 Å². The van der Waals surface area contributed by atoms with E-state index in [2.05, 4.69) is 21.0 Å². The van der Waals surface area contributed by atoms with Crippen LogP contribution in [0.4, 0.5) is 14.6 Å². The second-order valence-corrected chi connectivity index (χ2v) is 14.5. The van der Waals surface area contributed by atoms with Crippen LogP contribution in [0.15, 0.2) is 35.1 Å². The van der Waals surface area contributed by atoms with Gasteiger partial charge in [-0.2, -0.15) is 9.97 Å². The molecule has 248 valence electrons. The molecule has 5 aliphatic rings. The van der Waals surface area contributed by atoms with Gasteiger partial charge in [-0.05, 0) is 80.6 Å². The van der Waals surface area contributed by atoms with Crippen molar-refractivity contribution in [2.45, 2.75) is 75.3 Å². The molecule has 4 atom stereocenters. The number of nitrogens with one attached hydrogen (secondary N) is 1. The first-order valence-electron chi connectivity index (χ1n) is 17.2. The molecule has 2 aromatic heterocycles. The van der Waals surface area contributed by atoms with Crippen LogP contribution in [0.5, 0.6) is 11.8 Å². The first-order valence-corrected chi connectivity index (χ1v) is 17.2. The molecule has 9 rings (SSSR count). The van der Waals surface area contributed by atoms with Crippen molar-refractivity contribution in [1.82, 2.24) is 24.8 Å². The van der Waals surface area contributed by atoms with Crippen LogP contribution >= 0.6 is 0 Å². The molecule has 2 N–H and O–H groups in total. The molecule has 48 heavy (non-hydrogen) atoms. The minimum Gasteiger partial charge on any atom is -0.508 e. The second-order valence-electron chi connectivity index (χ2n) is 14.5. The Balaban J connectivity index is 1.25. The molecule has 4 aliphatic heterocycles. The van der Waals surface area contributed by atoms with Crippen molar-refractivity contribution in [3.63, 3.8) is 0 Å².